The van der Waals surface area contributed by atoms with Gasteiger partial charge in [-0.05, 0) is 13.0 Å². The van der Waals surface area contributed by atoms with Gasteiger partial charge in [-0.25, -0.2) is 4.98 Å². The Morgan fingerprint density at radius 2 is 2.31 bits per heavy atom. The number of aliphatic hydroxyl groups excluding tert-OH is 1. The van der Waals surface area contributed by atoms with E-state index < -0.39 is 0 Å². The molecule has 0 unspecified atom stereocenters. The number of pyridine rings is 1. The number of carbonyl (C=O) groups excluding carboxylic acids is 1. The fraction of sp³-hybridized carbons (Fsp3) is 0.455. The second-order valence-electron chi connectivity index (χ2n) is 3.17. The summed E-state index contributed by atoms with van der Waals surface area (Å²) in [5, 5.41) is 8.83. The largest absolute Gasteiger partial charge is 0.481 e. The second kappa shape index (κ2) is 6.07. The monoisotopic (exact) mass is 224 g/mol. The number of nitrogens with zero attached hydrogens (tertiary/aromatic N) is 2. The molecule has 0 bridgehead atoms. The van der Waals surface area contributed by atoms with Crippen molar-refractivity contribution < 1.29 is 14.6 Å². The molecule has 0 radical (unpaired) electrons. The van der Waals surface area contributed by atoms with Crippen LogP contribution in [-0.4, -0.2) is 47.7 Å². The van der Waals surface area contributed by atoms with Crippen LogP contribution in [0.15, 0.2) is 18.2 Å². The first kappa shape index (κ1) is 12.4. The van der Waals surface area contributed by atoms with Crippen molar-refractivity contribution >= 4 is 5.91 Å². The fourth-order valence-corrected chi connectivity index (χ4v) is 1.33. The van der Waals surface area contributed by atoms with E-state index in [9.17, 15) is 4.79 Å². The van der Waals surface area contributed by atoms with Gasteiger partial charge in [-0.3, -0.25) is 4.79 Å². The zero-order valence-corrected chi connectivity index (χ0v) is 9.51. The molecule has 0 aliphatic carbocycles. The van der Waals surface area contributed by atoms with Crippen molar-refractivity contribution in [1.82, 2.24) is 9.88 Å². The Bertz CT molecular complexity index is 355. The van der Waals surface area contributed by atoms with Crippen LogP contribution in [0.1, 0.15) is 17.4 Å². The summed E-state index contributed by atoms with van der Waals surface area (Å²) >= 11 is 0. The lowest BCUT2D eigenvalue weighted by Crippen LogP contribution is -2.33. The van der Waals surface area contributed by atoms with Crippen LogP contribution in [0.4, 0.5) is 0 Å². The number of amides is 1. The lowest BCUT2D eigenvalue weighted by Gasteiger charge is -2.19. The van der Waals surface area contributed by atoms with Crippen LogP contribution in [0.3, 0.4) is 0 Å². The second-order valence-corrected chi connectivity index (χ2v) is 3.17. The van der Waals surface area contributed by atoms with Crippen molar-refractivity contribution in [2.24, 2.45) is 0 Å². The summed E-state index contributed by atoms with van der Waals surface area (Å²) in [5.74, 6) is 0.210. The molecular weight excluding hydrogens is 208 g/mol. The van der Waals surface area contributed by atoms with Crippen LogP contribution in [0.25, 0.3) is 0 Å². The average Bonchev–Trinajstić information content (AvgIpc) is 2.35. The van der Waals surface area contributed by atoms with Crippen LogP contribution in [0, 0.1) is 0 Å². The van der Waals surface area contributed by atoms with Gasteiger partial charge in [0.1, 0.15) is 5.69 Å². The van der Waals surface area contributed by atoms with Crippen LogP contribution >= 0.6 is 0 Å². The molecule has 0 fully saturated rings. The number of hydrogen-bond donors (Lipinski definition) is 1. The van der Waals surface area contributed by atoms with Gasteiger partial charge >= 0.3 is 0 Å². The van der Waals surface area contributed by atoms with E-state index in [4.69, 9.17) is 9.84 Å². The van der Waals surface area contributed by atoms with Crippen molar-refractivity contribution in [3.63, 3.8) is 0 Å². The first-order valence-corrected chi connectivity index (χ1v) is 5.14. The number of methoxy groups -OCH3 is 1. The van der Waals surface area contributed by atoms with E-state index in [2.05, 4.69) is 4.98 Å². The minimum absolute atomic E-state index is 0.0520. The summed E-state index contributed by atoms with van der Waals surface area (Å²) < 4.78 is 4.95. The first-order valence-electron chi connectivity index (χ1n) is 5.14. The topological polar surface area (TPSA) is 62.7 Å². The number of carbonyl (C=O) groups is 1. The molecule has 0 aromatic carbocycles. The third-order valence-corrected chi connectivity index (χ3v) is 2.19. The summed E-state index contributed by atoms with van der Waals surface area (Å²) in [7, 11) is 1.50. The van der Waals surface area contributed by atoms with Gasteiger partial charge in [0.15, 0.2) is 0 Å². The zero-order valence-electron chi connectivity index (χ0n) is 9.51. The van der Waals surface area contributed by atoms with E-state index >= 15 is 0 Å². The van der Waals surface area contributed by atoms with Gasteiger partial charge in [0, 0.05) is 19.2 Å². The summed E-state index contributed by atoms with van der Waals surface area (Å²) in [6.45, 7) is 2.66. The number of ether oxygens (including phenoxy) is 1. The van der Waals surface area contributed by atoms with E-state index in [0.29, 0.717) is 24.7 Å². The molecule has 0 aliphatic heterocycles. The third-order valence-electron chi connectivity index (χ3n) is 2.19. The molecule has 1 N–H and O–H groups in total. The Morgan fingerprint density at radius 3 is 2.88 bits per heavy atom. The van der Waals surface area contributed by atoms with Gasteiger partial charge in [0.05, 0.1) is 13.7 Å². The number of likely N-dealkylation sites (N-methyl/N-ethyl adjacent to an activating group) is 1. The molecule has 0 spiro atoms. The zero-order chi connectivity index (χ0) is 12.0. The molecule has 5 nitrogen and oxygen atoms in total. The van der Waals surface area contributed by atoms with Gasteiger partial charge in [0.2, 0.25) is 5.88 Å². The summed E-state index contributed by atoms with van der Waals surface area (Å²) in [6, 6.07) is 5.02. The molecule has 1 amide bonds. The molecule has 0 atom stereocenters. The number of rotatable bonds is 5. The molecular formula is C11H16N2O3. The maximum atomic E-state index is 11.9. The summed E-state index contributed by atoms with van der Waals surface area (Å²) in [4.78, 5) is 17.5. The highest BCUT2D eigenvalue weighted by Crippen LogP contribution is 2.08. The van der Waals surface area contributed by atoms with Crippen LogP contribution in [0.5, 0.6) is 5.88 Å². The Labute approximate surface area is 94.7 Å². The van der Waals surface area contributed by atoms with Crippen LogP contribution in [-0.2, 0) is 0 Å². The Hall–Kier alpha value is -1.62. The highest BCUT2D eigenvalue weighted by molar-refractivity contribution is 5.92. The molecule has 1 aromatic rings. The van der Waals surface area contributed by atoms with Crippen molar-refractivity contribution in [2.75, 3.05) is 26.8 Å². The van der Waals surface area contributed by atoms with Crippen molar-refractivity contribution in [1.29, 1.82) is 0 Å². The molecule has 5 heteroatoms. The highest BCUT2D eigenvalue weighted by atomic mass is 16.5. The van der Waals surface area contributed by atoms with Crippen LogP contribution in [0.2, 0.25) is 0 Å². The normalized spacial score (nSPS) is 9.94. The average molecular weight is 224 g/mol. The first-order chi connectivity index (χ1) is 7.72. The molecule has 1 aromatic heterocycles. The molecule has 0 saturated carbocycles. The number of hydrogen-bond acceptors (Lipinski definition) is 4. The number of aromatic nitrogens is 1. The Kier molecular flexibility index (Phi) is 4.72. The predicted molar refractivity (Wildman–Crippen MR) is 59.5 cm³/mol. The predicted octanol–water partition coefficient (Wildman–Crippen LogP) is 0.545. The summed E-state index contributed by atoms with van der Waals surface area (Å²) in [6.07, 6.45) is 0. The van der Waals surface area contributed by atoms with Gasteiger partial charge in [-0.1, -0.05) is 6.07 Å². The van der Waals surface area contributed by atoms with Crippen LogP contribution < -0.4 is 4.74 Å². The molecule has 0 saturated heterocycles. The summed E-state index contributed by atoms with van der Waals surface area (Å²) in [5.41, 5.74) is 0.328. The van der Waals surface area contributed by atoms with Gasteiger partial charge in [-0.15, -0.1) is 0 Å². The number of aliphatic hydroxyl groups is 1. The molecule has 88 valence electrons. The highest BCUT2D eigenvalue weighted by Gasteiger charge is 2.15. The molecule has 1 heterocycles. The quantitative estimate of drug-likeness (QED) is 0.793. The molecule has 1 rings (SSSR count). The maximum Gasteiger partial charge on any atom is 0.272 e. The van der Waals surface area contributed by atoms with E-state index in [1.165, 1.54) is 12.0 Å². The van der Waals surface area contributed by atoms with E-state index in [0.717, 1.165) is 0 Å². The molecule has 0 aliphatic rings. The Balaban J connectivity index is 2.85. The van der Waals surface area contributed by atoms with Crippen molar-refractivity contribution in [3.8, 4) is 5.88 Å². The van der Waals surface area contributed by atoms with E-state index in [1.807, 2.05) is 6.92 Å². The van der Waals surface area contributed by atoms with Crippen molar-refractivity contribution in [3.05, 3.63) is 23.9 Å². The van der Waals surface area contributed by atoms with Crippen molar-refractivity contribution in [2.45, 2.75) is 6.92 Å². The third kappa shape index (κ3) is 2.93. The Morgan fingerprint density at radius 1 is 1.56 bits per heavy atom. The van der Waals surface area contributed by atoms with Gasteiger partial charge < -0.3 is 14.7 Å². The molecule has 16 heavy (non-hydrogen) atoms. The fourth-order valence-electron chi connectivity index (χ4n) is 1.33. The van der Waals surface area contributed by atoms with Gasteiger partial charge in [0.25, 0.3) is 5.91 Å². The van der Waals surface area contributed by atoms with E-state index in [1.54, 1.807) is 18.2 Å². The minimum Gasteiger partial charge on any atom is -0.481 e. The SMILES string of the molecule is CCN(CCO)C(=O)c1cccc(OC)n1. The smallest absolute Gasteiger partial charge is 0.272 e. The maximum absolute atomic E-state index is 11.9. The lowest BCUT2D eigenvalue weighted by atomic mass is 10.3. The standard InChI is InChI=1S/C11H16N2O3/c1-3-13(7-8-14)11(15)9-5-4-6-10(12-9)16-2/h4-6,14H,3,7-8H2,1-2H3. The van der Waals surface area contributed by atoms with Gasteiger partial charge in [-0.2, -0.15) is 0 Å². The lowest BCUT2D eigenvalue weighted by molar-refractivity contribution is 0.0725. The van der Waals surface area contributed by atoms with E-state index in [-0.39, 0.29) is 12.5 Å². The minimum atomic E-state index is -0.199.